The maximum Gasteiger partial charge on any atom is 0.271 e. The molecule has 116 valence electrons. The molecule has 5 nitrogen and oxygen atoms in total. The first-order valence-electron chi connectivity index (χ1n) is 6.76. The second kappa shape index (κ2) is 7.42. The predicted molar refractivity (Wildman–Crippen MR) is 88.7 cm³/mol. The first-order valence-corrected chi connectivity index (χ1v) is 7.51. The number of anilines is 1. The van der Waals surface area contributed by atoms with E-state index in [1.807, 2.05) is 19.1 Å². The average molecular weight is 339 g/mol. The van der Waals surface area contributed by atoms with Crippen molar-refractivity contribution in [1.82, 2.24) is 15.5 Å². The van der Waals surface area contributed by atoms with Gasteiger partial charge in [0.05, 0.1) is 0 Å². The second-order valence-electron chi connectivity index (χ2n) is 4.87. The molecule has 22 heavy (non-hydrogen) atoms. The summed E-state index contributed by atoms with van der Waals surface area (Å²) in [7, 11) is 1.55. The van der Waals surface area contributed by atoms with Crippen LogP contribution < -0.4 is 10.6 Å². The number of rotatable bonds is 5. The summed E-state index contributed by atoms with van der Waals surface area (Å²) in [5.74, 6) is 0.338. The number of carbonyl (C=O) groups excluding carboxylic acids is 1. The van der Waals surface area contributed by atoms with Crippen LogP contribution in [0.4, 0.5) is 5.82 Å². The number of nitrogens with one attached hydrogen (secondary N) is 2. The van der Waals surface area contributed by atoms with E-state index in [0.29, 0.717) is 15.9 Å². The maximum absolute atomic E-state index is 11.4. The van der Waals surface area contributed by atoms with Gasteiger partial charge in [0.1, 0.15) is 5.82 Å². The van der Waals surface area contributed by atoms with E-state index >= 15 is 0 Å². The summed E-state index contributed by atoms with van der Waals surface area (Å²) in [4.78, 5) is 11.4. The summed E-state index contributed by atoms with van der Waals surface area (Å²) in [6.07, 6.45) is 0.717. The molecule has 0 aliphatic carbocycles. The predicted octanol–water partition coefficient (Wildman–Crippen LogP) is 3.19. The Morgan fingerprint density at radius 2 is 2.00 bits per heavy atom. The van der Waals surface area contributed by atoms with Gasteiger partial charge < -0.3 is 10.6 Å². The van der Waals surface area contributed by atoms with Gasteiger partial charge in [0.15, 0.2) is 5.69 Å². The Hall–Kier alpha value is -1.85. The molecule has 1 atom stereocenters. The molecule has 1 amide bonds. The normalized spacial score (nSPS) is 11.8. The molecule has 0 saturated heterocycles. The average Bonchev–Trinajstić information content (AvgIpc) is 2.50. The molecule has 2 rings (SSSR count). The highest BCUT2D eigenvalue weighted by molar-refractivity contribution is 6.35. The molecule has 1 unspecified atom stereocenters. The number of halogens is 2. The third-order valence-electron chi connectivity index (χ3n) is 3.06. The topological polar surface area (TPSA) is 66.9 Å². The SMILES string of the molecule is CNC(=O)c1ccc(NC(C)Cc2ccc(Cl)cc2Cl)nn1. The van der Waals surface area contributed by atoms with Gasteiger partial charge in [-0.15, -0.1) is 10.2 Å². The summed E-state index contributed by atoms with van der Waals surface area (Å²) >= 11 is 12.0. The van der Waals surface area contributed by atoms with E-state index in [1.165, 1.54) is 0 Å². The molecule has 0 spiro atoms. The van der Waals surface area contributed by atoms with Gasteiger partial charge in [-0.3, -0.25) is 4.79 Å². The van der Waals surface area contributed by atoms with E-state index in [9.17, 15) is 4.79 Å². The number of amides is 1. The van der Waals surface area contributed by atoms with Gasteiger partial charge in [0, 0.05) is 23.1 Å². The Labute approximate surface area is 139 Å². The third kappa shape index (κ3) is 4.32. The zero-order valence-corrected chi connectivity index (χ0v) is 13.7. The van der Waals surface area contributed by atoms with Gasteiger partial charge in [-0.2, -0.15) is 0 Å². The summed E-state index contributed by atoms with van der Waals surface area (Å²) in [5, 5.41) is 14.8. The van der Waals surface area contributed by atoms with Gasteiger partial charge in [-0.1, -0.05) is 29.3 Å². The van der Waals surface area contributed by atoms with Crippen molar-refractivity contribution in [1.29, 1.82) is 0 Å². The third-order valence-corrected chi connectivity index (χ3v) is 3.65. The molecule has 0 aliphatic rings. The Morgan fingerprint density at radius 3 is 2.59 bits per heavy atom. The van der Waals surface area contributed by atoms with Crippen molar-refractivity contribution in [3.8, 4) is 0 Å². The molecular weight excluding hydrogens is 323 g/mol. The quantitative estimate of drug-likeness (QED) is 0.878. The van der Waals surface area contributed by atoms with Crippen molar-refractivity contribution in [3.63, 3.8) is 0 Å². The van der Waals surface area contributed by atoms with Crippen LogP contribution in [0.15, 0.2) is 30.3 Å². The lowest BCUT2D eigenvalue weighted by molar-refractivity contribution is 0.0957. The fraction of sp³-hybridized carbons (Fsp3) is 0.267. The summed E-state index contributed by atoms with van der Waals surface area (Å²) in [6.45, 7) is 2.01. The molecule has 1 heterocycles. The highest BCUT2D eigenvalue weighted by Gasteiger charge is 2.10. The minimum absolute atomic E-state index is 0.0961. The van der Waals surface area contributed by atoms with E-state index in [-0.39, 0.29) is 17.6 Å². The van der Waals surface area contributed by atoms with Gasteiger partial charge in [0.25, 0.3) is 5.91 Å². The van der Waals surface area contributed by atoms with Crippen LogP contribution in [0.3, 0.4) is 0 Å². The van der Waals surface area contributed by atoms with Crippen molar-refractivity contribution < 1.29 is 4.79 Å². The van der Waals surface area contributed by atoms with Crippen molar-refractivity contribution >= 4 is 34.9 Å². The van der Waals surface area contributed by atoms with Gasteiger partial charge in [0.2, 0.25) is 0 Å². The largest absolute Gasteiger partial charge is 0.366 e. The number of hydrogen-bond donors (Lipinski definition) is 2. The first kappa shape index (κ1) is 16.5. The number of benzene rings is 1. The van der Waals surface area contributed by atoms with Crippen LogP contribution in [0.1, 0.15) is 23.0 Å². The molecule has 0 bridgehead atoms. The molecule has 2 N–H and O–H groups in total. The summed E-state index contributed by atoms with van der Waals surface area (Å²) < 4.78 is 0. The zero-order chi connectivity index (χ0) is 16.1. The molecule has 1 aromatic heterocycles. The van der Waals surface area contributed by atoms with Crippen LogP contribution in [0.25, 0.3) is 0 Å². The molecule has 0 fully saturated rings. The van der Waals surface area contributed by atoms with E-state index in [0.717, 1.165) is 12.0 Å². The van der Waals surface area contributed by atoms with Crippen LogP contribution in [0.2, 0.25) is 10.0 Å². The number of aromatic nitrogens is 2. The number of nitrogens with zero attached hydrogens (tertiary/aromatic N) is 2. The van der Waals surface area contributed by atoms with Crippen LogP contribution in [-0.4, -0.2) is 29.2 Å². The standard InChI is InChI=1S/C15H16Cl2N4O/c1-9(7-10-3-4-11(16)8-12(10)17)19-14-6-5-13(20-21-14)15(22)18-2/h3-6,8-9H,7H2,1-2H3,(H,18,22)(H,19,21). The van der Waals surface area contributed by atoms with Crippen LogP contribution >= 0.6 is 23.2 Å². The fourth-order valence-electron chi connectivity index (χ4n) is 1.98. The molecule has 0 radical (unpaired) electrons. The lowest BCUT2D eigenvalue weighted by Gasteiger charge is -2.15. The smallest absolute Gasteiger partial charge is 0.271 e. The summed E-state index contributed by atoms with van der Waals surface area (Å²) in [5.41, 5.74) is 1.28. The molecule has 0 aliphatic heterocycles. The highest BCUT2D eigenvalue weighted by Crippen LogP contribution is 2.22. The lowest BCUT2D eigenvalue weighted by Crippen LogP contribution is -2.22. The van der Waals surface area contributed by atoms with E-state index < -0.39 is 0 Å². The number of carbonyl (C=O) groups is 1. The maximum atomic E-state index is 11.4. The zero-order valence-electron chi connectivity index (χ0n) is 12.2. The van der Waals surface area contributed by atoms with Crippen LogP contribution in [0, 0.1) is 0 Å². The lowest BCUT2D eigenvalue weighted by atomic mass is 10.1. The first-order chi connectivity index (χ1) is 10.5. The Bertz CT molecular complexity index is 661. The van der Waals surface area contributed by atoms with E-state index in [1.54, 1.807) is 25.2 Å². The summed E-state index contributed by atoms with van der Waals surface area (Å²) in [6, 6.07) is 8.88. The van der Waals surface area contributed by atoms with Gasteiger partial charge in [-0.05, 0) is 43.2 Å². The van der Waals surface area contributed by atoms with E-state index in [2.05, 4.69) is 20.8 Å². The molecule has 0 saturated carbocycles. The van der Waals surface area contributed by atoms with Crippen molar-refractivity contribution in [2.45, 2.75) is 19.4 Å². The fourth-order valence-corrected chi connectivity index (χ4v) is 2.46. The van der Waals surface area contributed by atoms with Crippen LogP contribution in [0.5, 0.6) is 0 Å². The van der Waals surface area contributed by atoms with Crippen LogP contribution in [-0.2, 0) is 6.42 Å². The molecular formula is C15H16Cl2N4O. The number of hydrogen-bond acceptors (Lipinski definition) is 4. The highest BCUT2D eigenvalue weighted by atomic mass is 35.5. The minimum atomic E-state index is -0.264. The Kier molecular flexibility index (Phi) is 5.57. The minimum Gasteiger partial charge on any atom is -0.366 e. The van der Waals surface area contributed by atoms with Crippen molar-refractivity contribution in [2.75, 3.05) is 12.4 Å². The Balaban J connectivity index is 1.99. The van der Waals surface area contributed by atoms with Gasteiger partial charge >= 0.3 is 0 Å². The van der Waals surface area contributed by atoms with Crippen molar-refractivity contribution in [2.24, 2.45) is 0 Å². The second-order valence-corrected chi connectivity index (χ2v) is 5.71. The Morgan fingerprint density at radius 1 is 1.23 bits per heavy atom. The van der Waals surface area contributed by atoms with Gasteiger partial charge in [-0.25, -0.2) is 0 Å². The van der Waals surface area contributed by atoms with E-state index in [4.69, 9.17) is 23.2 Å². The monoisotopic (exact) mass is 338 g/mol. The van der Waals surface area contributed by atoms with Crippen molar-refractivity contribution in [3.05, 3.63) is 51.6 Å². The molecule has 2 aromatic rings. The molecule has 7 heteroatoms. The molecule has 1 aromatic carbocycles.